The minimum absolute atomic E-state index is 0. The third kappa shape index (κ3) is 3.29. The molecule has 29 heavy (non-hydrogen) atoms. The van der Waals surface area contributed by atoms with Crippen LogP contribution in [0, 0.1) is 0 Å². The molecule has 3 N–H and O–H groups in total. The van der Waals surface area contributed by atoms with Crippen LogP contribution >= 0.6 is 0 Å². The molecule has 0 saturated heterocycles. The lowest BCUT2D eigenvalue weighted by Crippen LogP contribution is -2.06. The number of aromatic hydroxyl groups is 1. The molecule has 2 aromatic carbocycles. The molecule has 146 valence electrons. The van der Waals surface area contributed by atoms with Crippen LogP contribution in [0.4, 0.5) is 0 Å². The zero-order valence-electron chi connectivity index (χ0n) is 14.2. The van der Waals surface area contributed by atoms with Crippen molar-refractivity contribution in [2.45, 2.75) is 7.43 Å². The largest absolute Gasteiger partial charge is 0.508 e. The Morgan fingerprint density at radius 1 is 0.828 bits per heavy atom. The Morgan fingerprint density at radius 3 is 2.24 bits per heavy atom. The molecule has 0 bridgehead atoms. The second kappa shape index (κ2) is 7.12. The van der Waals surface area contributed by atoms with Crippen LogP contribution in [0.3, 0.4) is 0 Å². The zero-order valence-corrected chi connectivity index (χ0v) is 14.2. The number of fused-ring (bicyclic) bond motifs is 2. The van der Waals surface area contributed by atoms with Gasteiger partial charge in [0.05, 0.1) is 11.1 Å². The first-order valence-corrected chi connectivity index (χ1v) is 8.16. The van der Waals surface area contributed by atoms with Gasteiger partial charge in [0.15, 0.2) is 5.43 Å². The molecule has 2 aromatic rings. The summed E-state index contributed by atoms with van der Waals surface area (Å²) in [5.74, 6) is -2.37. The quantitative estimate of drug-likeness (QED) is 0.444. The number of phenolic OH excluding ortho intramolecular Hbond substituents is 1. The number of carboxylic acids is 2. The lowest BCUT2D eigenvalue weighted by Gasteiger charge is -2.17. The molecule has 2 aliphatic rings. The normalized spacial score (nSPS) is 10.6. The van der Waals surface area contributed by atoms with Crippen molar-refractivity contribution < 1.29 is 29.3 Å². The third-order valence-corrected chi connectivity index (χ3v) is 4.44. The van der Waals surface area contributed by atoms with Gasteiger partial charge in [-0.05, 0) is 42.0 Å². The molecular weight excluding hydrogens is 376 g/mol. The van der Waals surface area contributed by atoms with Gasteiger partial charge in [-0.25, -0.2) is 9.59 Å². The van der Waals surface area contributed by atoms with Crippen molar-refractivity contribution in [1.82, 2.24) is 0 Å². The summed E-state index contributed by atoms with van der Waals surface area (Å²) in [5.41, 5.74) is 0.831. The van der Waals surface area contributed by atoms with Gasteiger partial charge in [-0.1, -0.05) is 13.5 Å². The molecule has 1 aliphatic carbocycles. The molecule has 0 fully saturated rings. The zero-order chi connectivity index (χ0) is 20.0. The molecule has 0 spiro atoms. The Labute approximate surface area is 164 Å². The van der Waals surface area contributed by atoms with Crippen LogP contribution in [0.25, 0.3) is 33.4 Å². The fourth-order valence-electron chi connectivity index (χ4n) is 3.22. The molecule has 0 amide bonds. The van der Waals surface area contributed by atoms with Crippen LogP contribution in [0.2, 0.25) is 0 Å². The maximum Gasteiger partial charge on any atom is 0.336 e. The Kier molecular flexibility index (Phi) is 4.82. The summed E-state index contributed by atoms with van der Waals surface area (Å²) < 4.78 is 5.73. The van der Waals surface area contributed by atoms with Gasteiger partial charge in [-0.3, -0.25) is 4.79 Å². The average Bonchev–Trinajstić information content (AvgIpc) is 2.65. The van der Waals surface area contributed by atoms with Gasteiger partial charge < -0.3 is 19.7 Å². The number of aromatic carboxylic acids is 2. The van der Waals surface area contributed by atoms with Crippen LogP contribution < -0.4 is 5.43 Å². The van der Waals surface area contributed by atoms with Crippen molar-refractivity contribution in [3.8, 4) is 28.2 Å². The van der Waals surface area contributed by atoms with E-state index in [2.05, 4.69) is 0 Å². The fourth-order valence-corrected chi connectivity index (χ4v) is 3.22. The summed E-state index contributed by atoms with van der Waals surface area (Å²) in [5, 5.41) is 29.1. The molecule has 0 aromatic heterocycles. The lowest BCUT2D eigenvalue weighted by molar-refractivity contribution is 0.0696. The van der Waals surface area contributed by atoms with E-state index in [1.54, 1.807) is 6.07 Å². The molecule has 1 aliphatic heterocycles. The molecule has 0 unspecified atom stereocenters. The molecule has 0 saturated carbocycles. The Bertz CT molecular complexity index is 1300. The minimum Gasteiger partial charge on any atom is -0.508 e. The highest BCUT2D eigenvalue weighted by Gasteiger charge is 2.22. The first kappa shape index (κ1) is 19.6. The van der Waals surface area contributed by atoms with Crippen LogP contribution in [0.5, 0.6) is 5.75 Å². The van der Waals surface area contributed by atoms with Gasteiger partial charge in [-0.15, -0.1) is 0 Å². The SMILES string of the molecule is C.O=C(O)c1ccc(-c2c3ccc(=O)cc-3oc3cc(O)ccc23)c(C(=O)O)c1. The Hall–Kier alpha value is -4.13. The first-order chi connectivity index (χ1) is 13.3. The van der Waals surface area contributed by atoms with Crippen molar-refractivity contribution in [1.29, 1.82) is 0 Å². The second-order valence-corrected chi connectivity index (χ2v) is 6.19. The average molecular weight is 392 g/mol. The standard InChI is InChI=1S/C21H12O7.CH4/c22-11-2-5-14-17(8-11)28-18-9-12(23)3-6-15(18)19(14)13-4-1-10(20(24)25)7-16(13)21(26)27;/h1-9,22H,(H,24,25)(H,26,27);1H4. The highest BCUT2D eigenvalue weighted by Crippen LogP contribution is 2.42. The van der Waals surface area contributed by atoms with Crippen LogP contribution in [0.15, 0.2) is 63.8 Å². The Morgan fingerprint density at radius 2 is 1.55 bits per heavy atom. The molecule has 7 nitrogen and oxygen atoms in total. The van der Waals surface area contributed by atoms with Gasteiger partial charge in [0.25, 0.3) is 0 Å². The highest BCUT2D eigenvalue weighted by atomic mass is 16.4. The topological polar surface area (TPSA) is 125 Å². The van der Waals surface area contributed by atoms with Crippen molar-refractivity contribution in [2.75, 3.05) is 0 Å². The van der Waals surface area contributed by atoms with Crippen molar-refractivity contribution in [3.05, 3.63) is 75.9 Å². The summed E-state index contributed by atoms with van der Waals surface area (Å²) in [6.07, 6.45) is 0. The Balaban J connectivity index is 0.00000240. The predicted molar refractivity (Wildman–Crippen MR) is 107 cm³/mol. The monoisotopic (exact) mass is 392 g/mol. The van der Waals surface area contributed by atoms with Crippen molar-refractivity contribution in [3.63, 3.8) is 0 Å². The smallest absolute Gasteiger partial charge is 0.336 e. The number of rotatable bonds is 3. The maximum atomic E-state index is 11.8. The summed E-state index contributed by atoms with van der Waals surface area (Å²) >= 11 is 0. The van der Waals surface area contributed by atoms with E-state index in [4.69, 9.17) is 4.42 Å². The van der Waals surface area contributed by atoms with E-state index < -0.39 is 11.9 Å². The number of benzene rings is 3. The number of hydrogen-bond acceptors (Lipinski definition) is 5. The highest BCUT2D eigenvalue weighted by molar-refractivity contribution is 6.08. The number of carboxylic acid groups (broad SMARTS) is 2. The van der Waals surface area contributed by atoms with Gasteiger partial charge in [0.1, 0.15) is 17.1 Å². The molecular formula is C22H16O7. The number of phenols is 1. The first-order valence-electron chi connectivity index (χ1n) is 8.16. The van der Waals surface area contributed by atoms with Crippen molar-refractivity contribution >= 4 is 22.9 Å². The minimum atomic E-state index is -1.29. The summed E-state index contributed by atoms with van der Waals surface area (Å²) in [6.45, 7) is 0. The van der Waals surface area contributed by atoms with Crippen LogP contribution in [0.1, 0.15) is 28.1 Å². The summed E-state index contributed by atoms with van der Waals surface area (Å²) in [4.78, 5) is 34.9. The van der Waals surface area contributed by atoms with E-state index in [-0.39, 0.29) is 46.6 Å². The van der Waals surface area contributed by atoms with Gasteiger partial charge >= 0.3 is 11.9 Å². The van der Waals surface area contributed by atoms with E-state index in [1.165, 1.54) is 42.5 Å². The van der Waals surface area contributed by atoms with Gasteiger partial charge in [-0.2, -0.15) is 0 Å². The maximum absolute atomic E-state index is 11.8. The van der Waals surface area contributed by atoms with Crippen LogP contribution in [-0.4, -0.2) is 27.3 Å². The van der Waals surface area contributed by atoms with E-state index in [1.807, 2.05) is 0 Å². The van der Waals surface area contributed by atoms with E-state index in [0.29, 0.717) is 16.5 Å². The fraction of sp³-hybridized carbons (Fsp3) is 0.0455. The molecule has 0 atom stereocenters. The van der Waals surface area contributed by atoms with Crippen molar-refractivity contribution in [2.24, 2.45) is 0 Å². The van der Waals surface area contributed by atoms with Crippen LogP contribution in [-0.2, 0) is 0 Å². The third-order valence-electron chi connectivity index (χ3n) is 4.44. The molecule has 0 radical (unpaired) electrons. The van der Waals surface area contributed by atoms with Gasteiger partial charge in [0.2, 0.25) is 0 Å². The number of carbonyl (C=O) groups is 2. The lowest BCUT2D eigenvalue weighted by atomic mass is 9.90. The predicted octanol–water partition coefficient (Wildman–Crippen LogP) is 4.30. The summed E-state index contributed by atoms with van der Waals surface area (Å²) in [7, 11) is 0. The van der Waals surface area contributed by atoms with E-state index in [9.17, 15) is 29.7 Å². The second-order valence-electron chi connectivity index (χ2n) is 6.19. The molecule has 7 heteroatoms. The number of hydrogen-bond donors (Lipinski definition) is 3. The van der Waals surface area contributed by atoms with Gasteiger partial charge in [0, 0.05) is 28.6 Å². The molecule has 1 heterocycles. The van der Waals surface area contributed by atoms with E-state index >= 15 is 0 Å². The van der Waals surface area contributed by atoms with E-state index in [0.717, 1.165) is 6.07 Å². The molecule has 4 rings (SSSR count). The summed E-state index contributed by atoms with van der Waals surface area (Å²) in [6, 6.07) is 12.3.